The average Bonchev–Trinajstić information content (AvgIpc) is 3.12. The molecule has 1 aliphatic rings. The molecule has 27 heavy (non-hydrogen) atoms. The highest BCUT2D eigenvalue weighted by atomic mass is 15.0. The first kappa shape index (κ1) is 14.7. The predicted octanol–water partition coefficient (Wildman–Crippen LogP) is 5.98. The van der Waals surface area contributed by atoms with E-state index >= 15 is 0 Å². The molecule has 0 aliphatic carbocycles. The Morgan fingerprint density at radius 2 is 1.44 bits per heavy atom. The second kappa shape index (κ2) is 5.52. The first-order valence-corrected chi connectivity index (χ1v) is 9.41. The minimum Gasteiger partial charge on any atom is -0.193 e. The third-order valence-electron chi connectivity index (χ3n) is 5.74. The molecule has 0 saturated carbocycles. The van der Waals surface area contributed by atoms with Crippen LogP contribution in [0.4, 0.5) is 0 Å². The number of hydrogen-bond acceptors (Lipinski definition) is 0. The van der Waals surface area contributed by atoms with Gasteiger partial charge in [-0.15, -0.1) is 0 Å². The van der Waals surface area contributed by atoms with E-state index in [0.29, 0.717) is 0 Å². The maximum Gasteiger partial charge on any atom is 0.221 e. The van der Waals surface area contributed by atoms with Crippen molar-refractivity contribution < 1.29 is 4.57 Å². The van der Waals surface area contributed by atoms with E-state index < -0.39 is 0 Å². The van der Waals surface area contributed by atoms with Crippen molar-refractivity contribution in [3.05, 3.63) is 103 Å². The summed E-state index contributed by atoms with van der Waals surface area (Å²) >= 11 is 0. The normalized spacial score (nSPS) is 12.3. The molecule has 0 atom stereocenters. The van der Waals surface area contributed by atoms with E-state index in [0.717, 1.165) is 6.54 Å². The fourth-order valence-electron chi connectivity index (χ4n) is 4.46. The van der Waals surface area contributed by atoms with E-state index in [4.69, 9.17) is 0 Å². The van der Waals surface area contributed by atoms with Gasteiger partial charge < -0.3 is 0 Å². The van der Waals surface area contributed by atoms with Gasteiger partial charge in [-0.2, -0.15) is 4.57 Å². The molecule has 6 rings (SSSR count). The van der Waals surface area contributed by atoms with Crippen LogP contribution in [0, 0.1) is 0 Å². The monoisotopic (exact) mass is 344 g/mol. The molecule has 4 aromatic carbocycles. The van der Waals surface area contributed by atoms with E-state index in [1.807, 2.05) is 0 Å². The van der Waals surface area contributed by atoms with Crippen molar-refractivity contribution in [2.75, 3.05) is 0 Å². The molecule has 1 heteroatoms. The Labute approximate surface area is 158 Å². The van der Waals surface area contributed by atoms with Crippen LogP contribution >= 0.6 is 0 Å². The van der Waals surface area contributed by atoms with Crippen LogP contribution in [-0.2, 0) is 6.54 Å². The number of hydrogen-bond donors (Lipinski definition) is 0. The van der Waals surface area contributed by atoms with Gasteiger partial charge in [0, 0.05) is 17.0 Å². The van der Waals surface area contributed by atoms with Crippen LogP contribution in [0.15, 0.2) is 97.2 Å². The summed E-state index contributed by atoms with van der Waals surface area (Å²) in [4.78, 5) is 0. The second-order valence-corrected chi connectivity index (χ2v) is 7.28. The van der Waals surface area contributed by atoms with Gasteiger partial charge >= 0.3 is 0 Å². The van der Waals surface area contributed by atoms with Gasteiger partial charge in [0.2, 0.25) is 5.69 Å². The Balaban J connectivity index is 1.59. The van der Waals surface area contributed by atoms with Gasteiger partial charge in [0.05, 0.1) is 10.9 Å². The molecule has 0 fully saturated rings. The summed E-state index contributed by atoms with van der Waals surface area (Å²) in [7, 11) is 0. The first-order chi connectivity index (χ1) is 13.4. The summed E-state index contributed by atoms with van der Waals surface area (Å²) in [6.07, 6.45) is 2.24. The van der Waals surface area contributed by atoms with Crippen molar-refractivity contribution in [1.82, 2.24) is 0 Å². The Morgan fingerprint density at radius 3 is 2.37 bits per heavy atom. The van der Waals surface area contributed by atoms with Gasteiger partial charge in [0.15, 0.2) is 12.7 Å². The molecular weight excluding hydrogens is 326 g/mol. The molecule has 0 saturated heterocycles. The van der Waals surface area contributed by atoms with Crippen LogP contribution in [0.2, 0.25) is 0 Å². The summed E-state index contributed by atoms with van der Waals surface area (Å²) in [5.41, 5.74) is 6.66. The lowest BCUT2D eigenvalue weighted by Crippen LogP contribution is -2.31. The second-order valence-electron chi connectivity index (χ2n) is 7.28. The number of benzene rings is 4. The Bertz CT molecular complexity index is 1330. The van der Waals surface area contributed by atoms with Crippen molar-refractivity contribution in [2.45, 2.75) is 6.54 Å². The molecule has 0 N–H and O–H groups in total. The smallest absolute Gasteiger partial charge is 0.193 e. The van der Waals surface area contributed by atoms with Crippen molar-refractivity contribution >= 4 is 21.5 Å². The average molecular weight is 344 g/mol. The van der Waals surface area contributed by atoms with Gasteiger partial charge in [-0.25, -0.2) is 0 Å². The third kappa shape index (κ3) is 2.15. The van der Waals surface area contributed by atoms with Crippen LogP contribution in [0.5, 0.6) is 0 Å². The summed E-state index contributed by atoms with van der Waals surface area (Å²) in [5.74, 6) is 0. The van der Waals surface area contributed by atoms with Crippen LogP contribution in [-0.4, -0.2) is 0 Å². The van der Waals surface area contributed by atoms with Gasteiger partial charge in [-0.3, -0.25) is 0 Å². The fourth-order valence-corrected chi connectivity index (χ4v) is 4.46. The number of pyridine rings is 1. The molecule has 1 nitrogen and oxygen atoms in total. The zero-order valence-electron chi connectivity index (χ0n) is 14.9. The highest BCUT2D eigenvalue weighted by molar-refractivity contribution is 6.10. The minimum atomic E-state index is 0.939. The molecule has 2 heterocycles. The lowest BCUT2D eigenvalue weighted by molar-refractivity contribution is -0.671. The van der Waals surface area contributed by atoms with E-state index in [1.165, 1.54) is 49.5 Å². The van der Waals surface area contributed by atoms with Crippen LogP contribution in [0.1, 0.15) is 5.56 Å². The summed E-state index contributed by atoms with van der Waals surface area (Å²) in [6.45, 7) is 0.939. The molecule has 0 unspecified atom stereocenters. The molecular formula is C26H18N+. The Morgan fingerprint density at radius 1 is 0.593 bits per heavy atom. The first-order valence-electron chi connectivity index (χ1n) is 9.41. The molecule has 0 bridgehead atoms. The fraction of sp³-hybridized carbons (Fsp3) is 0.0385. The minimum absolute atomic E-state index is 0.939. The summed E-state index contributed by atoms with van der Waals surface area (Å²) in [5, 5.41) is 5.29. The zero-order valence-corrected chi connectivity index (χ0v) is 14.9. The van der Waals surface area contributed by atoms with Gasteiger partial charge in [-0.05, 0) is 40.1 Å². The Hall–Kier alpha value is -3.45. The van der Waals surface area contributed by atoms with Crippen LogP contribution in [0.3, 0.4) is 0 Å². The SMILES string of the molecule is c1ccc(-c2ccc3c(c2)C[n+]2ccc4c(ccc5ccccc54)c2-3)cc1. The third-order valence-corrected chi connectivity index (χ3v) is 5.74. The molecule has 126 valence electrons. The van der Waals surface area contributed by atoms with E-state index in [1.54, 1.807) is 0 Å². The van der Waals surface area contributed by atoms with Crippen LogP contribution < -0.4 is 4.57 Å². The van der Waals surface area contributed by atoms with E-state index in [-0.39, 0.29) is 0 Å². The zero-order chi connectivity index (χ0) is 17.8. The van der Waals surface area contributed by atoms with E-state index in [2.05, 4.69) is 102 Å². The molecule has 5 aromatic rings. The molecule has 0 radical (unpaired) electrons. The molecule has 1 aromatic heterocycles. The molecule has 0 amide bonds. The largest absolute Gasteiger partial charge is 0.221 e. The lowest BCUT2D eigenvalue weighted by atomic mass is 9.96. The number of fused-ring (bicyclic) bond motifs is 7. The number of aromatic nitrogens is 1. The highest BCUT2D eigenvalue weighted by Crippen LogP contribution is 2.37. The van der Waals surface area contributed by atoms with Crippen molar-refractivity contribution in [3.63, 3.8) is 0 Å². The van der Waals surface area contributed by atoms with Gasteiger partial charge in [-0.1, -0.05) is 66.7 Å². The maximum absolute atomic E-state index is 2.39. The van der Waals surface area contributed by atoms with E-state index in [9.17, 15) is 0 Å². The van der Waals surface area contributed by atoms with Crippen molar-refractivity contribution in [2.24, 2.45) is 0 Å². The lowest BCUT2D eigenvalue weighted by Gasteiger charge is -2.06. The summed E-state index contributed by atoms with van der Waals surface area (Å²) in [6, 6.07) is 33.0. The quantitative estimate of drug-likeness (QED) is 0.255. The highest BCUT2D eigenvalue weighted by Gasteiger charge is 2.28. The van der Waals surface area contributed by atoms with Crippen molar-refractivity contribution in [1.29, 1.82) is 0 Å². The number of rotatable bonds is 1. The topological polar surface area (TPSA) is 3.88 Å². The Kier molecular flexibility index (Phi) is 3.00. The summed E-state index contributed by atoms with van der Waals surface area (Å²) < 4.78 is 2.39. The van der Waals surface area contributed by atoms with Gasteiger partial charge in [0.1, 0.15) is 0 Å². The molecule has 0 spiro atoms. The predicted molar refractivity (Wildman–Crippen MR) is 112 cm³/mol. The van der Waals surface area contributed by atoms with Gasteiger partial charge in [0.25, 0.3) is 0 Å². The van der Waals surface area contributed by atoms with Crippen molar-refractivity contribution in [3.8, 4) is 22.4 Å². The maximum atomic E-state index is 2.39. The number of nitrogens with zero attached hydrogens (tertiary/aromatic N) is 1. The standard InChI is InChI=1S/C26H18N/c1-2-6-18(7-3-1)20-11-12-23-21(16-20)17-27-15-14-24-22-9-5-4-8-19(22)10-13-25(24)26(23)27/h1-16H,17H2/q+1. The molecule has 1 aliphatic heterocycles. The van der Waals surface area contributed by atoms with Crippen LogP contribution in [0.25, 0.3) is 43.9 Å².